The Morgan fingerprint density at radius 1 is 1.36 bits per heavy atom. The summed E-state index contributed by atoms with van der Waals surface area (Å²) in [7, 11) is -1.20. The van der Waals surface area contributed by atoms with Gasteiger partial charge in [-0.15, -0.1) is 0 Å². The standard InChI is InChI=1S/C18H25ClN2O3S/c1-17(2,3)25(24)20-15-14-5-4-13(19)10-12(14)11-18(15)6-8-21(9-7-18)16(22)23/h4-5,10,15,20H,6-9,11H2,1-3H3,(H,22,23)/t15-,25?/m1/s1. The minimum absolute atomic E-state index is 0.0456. The summed E-state index contributed by atoms with van der Waals surface area (Å²) in [4.78, 5) is 12.7. The summed E-state index contributed by atoms with van der Waals surface area (Å²) in [6, 6.07) is 5.84. The maximum atomic E-state index is 12.8. The molecule has 2 aliphatic rings. The number of rotatable bonds is 2. The fourth-order valence-corrected chi connectivity index (χ4v) is 5.04. The quantitative estimate of drug-likeness (QED) is 0.815. The van der Waals surface area contributed by atoms with Crippen molar-refractivity contribution in [2.75, 3.05) is 13.1 Å². The number of likely N-dealkylation sites (tertiary alicyclic amines) is 1. The van der Waals surface area contributed by atoms with Crippen LogP contribution in [0.5, 0.6) is 0 Å². The Labute approximate surface area is 156 Å². The third-order valence-corrected chi connectivity index (χ3v) is 7.18. The van der Waals surface area contributed by atoms with Crippen molar-refractivity contribution in [3.05, 3.63) is 34.3 Å². The van der Waals surface area contributed by atoms with Gasteiger partial charge >= 0.3 is 6.09 Å². The molecule has 3 rings (SSSR count). The van der Waals surface area contributed by atoms with E-state index in [1.807, 2.05) is 39.0 Å². The van der Waals surface area contributed by atoms with Crippen LogP contribution in [0, 0.1) is 5.41 Å². The number of carbonyl (C=O) groups is 1. The number of carboxylic acid groups (broad SMARTS) is 1. The topological polar surface area (TPSA) is 69.6 Å². The van der Waals surface area contributed by atoms with Crippen LogP contribution in [0.25, 0.3) is 0 Å². The Bertz CT molecular complexity index is 709. The van der Waals surface area contributed by atoms with Crippen molar-refractivity contribution >= 4 is 28.7 Å². The lowest BCUT2D eigenvalue weighted by molar-refractivity contribution is 0.0768. The first-order chi connectivity index (χ1) is 11.6. The van der Waals surface area contributed by atoms with Crippen molar-refractivity contribution in [3.63, 3.8) is 0 Å². The normalized spacial score (nSPS) is 23.5. The molecule has 2 N–H and O–H groups in total. The number of hydrogen-bond acceptors (Lipinski definition) is 2. The van der Waals surface area contributed by atoms with Gasteiger partial charge in [0.25, 0.3) is 0 Å². The predicted octanol–water partition coefficient (Wildman–Crippen LogP) is 3.75. The highest BCUT2D eigenvalue weighted by molar-refractivity contribution is 7.84. The molecule has 1 aromatic carbocycles. The lowest BCUT2D eigenvalue weighted by atomic mass is 9.73. The third-order valence-electron chi connectivity index (χ3n) is 5.38. The molecule has 0 saturated carbocycles. The van der Waals surface area contributed by atoms with Crippen LogP contribution in [0.4, 0.5) is 4.79 Å². The van der Waals surface area contributed by atoms with E-state index in [2.05, 4.69) is 4.72 Å². The number of nitrogens with one attached hydrogen (secondary N) is 1. The second-order valence-electron chi connectivity index (χ2n) is 8.08. The molecule has 25 heavy (non-hydrogen) atoms. The summed E-state index contributed by atoms with van der Waals surface area (Å²) in [5, 5.41) is 9.94. The summed E-state index contributed by atoms with van der Waals surface area (Å²) in [6.45, 7) is 6.88. The van der Waals surface area contributed by atoms with Gasteiger partial charge in [0.1, 0.15) is 0 Å². The predicted molar refractivity (Wildman–Crippen MR) is 100 cm³/mol. The Morgan fingerprint density at radius 3 is 2.56 bits per heavy atom. The van der Waals surface area contributed by atoms with Crippen LogP contribution in [-0.4, -0.2) is 38.1 Å². The van der Waals surface area contributed by atoms with Gasteiger partial charge in [0.05, 0.1) is 21.8 Å². The molecule has 2 atom stereocenters. The molecule has 1 spiro atoms. The smallest absolute Gasteiger partial charge is 0.407 e. The van der Waals surface area contributed by atoms with Gasteiger partial charge in [0, 0.05) is 18.1 Å². The number of nitrogens with zero attached hydrogens (tertiary/aromatic N) is 1. The van der Waals surface area contributed by atoms with Crippen LogP contribution >= 0.6 is 11.6 Å². The molecular weight excluding hydrogens is 360 g/mol. The summed E-state index contributed by atoms with van der Waals surface area (Å²) < 4.78 is 15.8. The minimum Gasteiger partial charge on any atom is -0.465 e. The largest absolute Gasteiger partial charge is 0.465 e. The average Bonchev–Trinajstić information content (AvgIpc) is 2.79. The minimum atomic E-state index is -1.20. The molecule has 1 saturated heterocycles. The molecule has 0 radical (unpaired) electrons. The van der Waals surface area contributed by atoms with Gasteiger partial charge in [-0.3, -0.25) is 0 Å². The maximum Gasteiger partial charge on any atom is 0.407 e. The van der Waals surface area contributed by atoms with Crippen LogP contribution in [-0.2, 0) is 17.4 Å². The molecule has 1 heterocycles. The van der Waals surface area contributed by atoms with Crippen LogP contribution in [0.3, 0.4) is 0 Å². The van der Waals surface area contributed by atoms with Gasteiger partial charge in [0.15, 0.2) is 0 Å². The zero-order valence-corrected chi connectivity index (χ0v) is 16.4. The van der Waals surface area contributed by atoms with Gasteiger partial charge < -0.3 is 10.0 Å². The first-order valence-electron chi connectivity index (χ1n) is 8.57. The average molecular weight is 385 g/mol. The third kappa shape index (κ3) is 3.57. The van der Waals surface area contributed by atoms with Crippen molar-refractivity contribution in [1.82, 2.24) is 9.62 Å². The maximum absolute atomic E-state index is 12.8. The molecule has 1 fully saturated rings. The summed E-state index contributed by atoms with van der Waals surface area (Å²) in [5.41, 5.74) is 2.21. The molecule has 0 aromatic heterocycles. The van der Waals surface area contributed by atoms with Crippen LogP contribution in [0.1, 0.15) is 50.8 Å². The number of halogens is 1. The van der Waals surface area contributed by atoms with Crippen molar-refractivity contribution in [3.8, 4) is 0 Å². The Morgan fingerprint density at radius 2 is 2.00 bits per heavy atom. The van der Waals surface area contributed by atoms with Gasteiger partial charge in [0.2, 0.25) is 0 Å². The first kappa shape index (κ1) is 18.7. The fraction of sp³-hybridized carbons (Fsp3) is 0.611. The van der Waals surface area contributed by atoms with Crippen molar-refractivity contribution in [2.45, 2.75) is 50.8 Å². The van der Waals surface area contributed by atoms with Crippen LogP contribution in [0.2, 0.25) is 5.02 Å². The number of amides is 1. The van der Waals surface area contributed by atoms with Crippen molar-refractivity contribution in [1.29, 1.82) is 0 Å². The second kappa shape index (κ2) is 6.56. The SMILES string of the molecule is CC(C)(C)S(=O)N[C@@H]1c2ccc(Cl)cc2CC12CCN(C(=O)O)CC2. The highest BCUT2D eigenvalue weighted by Gasteiger charge is 2.49. The second-order valence-corrected chi connectivity index (χ2v) is 10.5. The molecule has 138 valence electrons. The van der Waals surface area contributed by atoms with Crippen LogP contribution in [0.15, 0.2) is 18.2 Å². The molecule has 1 aromatic rings. The van der Waals surface area contributed by atoms with E-state index in [1.165, 1.54) is 10.5 Å². The van der Waals surface area contributed by atoms with Gasteiger partial charge in [-0.2, -0.15) is 0 Å². The molecule has 0 bridgehead atoms. The highest BCUT2D eigenvalue weighted by Crippen LogP contribution is 2.52. The van der Waals surface area contributed by atoms with Crippen molar-refractivity contribution < 1.29 is 14.1 Å². The number of hydrogen-bond donors (Lipinski definition) is 2. The summed E-state index contributed by atoms with van der Waals surface area (Å²) in [6.07, 6.45) is 1.49. The zero-order chi connectivity index (χ0) is 18.4. The van der Waals surface area contributed by atoms with Gasteiger partial charge in [-0.25, -0.2) is 13.7 Å². The molecule has 1 aliphatic heterocycles. The van der Waals surface area contributed by atoms with Crippen LogP contribution < -0.4 is 4.72 Å². The van der Waals surface area contributed by atoms with Crippen molar-refractivity contribution in [2.24, 2.45) is 5.41 Å². The molecule has 1 unspecified atom stereocenters. The molecule has 1 amide bonds. The molecule has 7 heteroatoms. The lowest BCUT2D eigenvalue weighted by Gasteiger charge is -2.43. The molecular formula is C18H25ClN2O3S. The highest BCUT2D eigenvalue weighted by atomic mass is 35.5. The van der Waals surface area contributed by atoms with E-state index in [0.29, 0.717) is 18.1 Å². The Kier molecular flexibility index (Phi) is 4.90. The number of fused-ring (bicyclic) bond motifs is 1. The number of benzene rings is 1. The van der Waals surface area contributed by atoms with E-state index < -0.39 is 17.1 Å². The fourth-order valence-electron chi connectivity index (χ4n) is 3.90. The van der Waals surface area contributed by atoms with E-state index in [0.717, 1.165) is 24.8 Å². The van der Waals surface area contributed by atoms with Gasteiger partial charge in [-0.1, -0.05) is 17.7 Å². The molecule has 1 aliphatic carbocycles. The monoisotopic (exact) mass is 384 g/mol. The van der Waals surface area contributed by atoms with E-state index in [4.69, 9.17) is 11.6 Å². The lowest BCUT2D eigenvalue weighted by Crippen LogP contribution is -2.48. The Balaban J connectivity index is 1.92. The number of piperidine rings is 1. The molecule has 5 nitrogen and oxygen atoms in total. The summed E-state index contributed by atoms with van der Waals surface area (Å²) in [5.74, 6) is 0. The van der Waals surface area contributed by atoms with Gasteiger partial charge in [-0.05, 0) is 68.7 Å². The van der Waals surface area contributed by atoms with E-state index in [-0.39, 0.29) is 16.2 Å². The van der Waals surface area contributed by atoms with E-state index in [9.17, 15) is 14.1 Å². The van der Waals surface area contributed by atoms with E-state index in [1.54, 1.807) is 0 Å². The first-order valence-corrected chi connectivity index (χ1v) is 10.1. The van der Waals surface area contributed by atoms with E-state index >= 15 is 0 Å². The summed E-state index contributed by atoms with van der Waals surface area (Å²) >= 11 is 6.18. The Hall–Kier alpha value is -1.11. The zero-order valence-electron chi connectivity index (χ0n) is 14.8.